The summed E-state index contributed by atoms with van der Waals surface area (Å²) in [5.74, 6) is 0. The predicted molar refractivity (Wildman–Crippen MR) is 17.0 cm³/mol. The number of rotatable bonds is 0. The topological polar surface area (TPSA) is 231 Å². The second-order valence-electron chi connectivity index (χ2n) is 0. The summed E-state index contributed by atoms with van der Waals surface area (Å²) in [6, 6.07) is 0. The molecule has 0 aliphatic heterocycles. The fourth-order valence-corrected chi connectivity index (χ4v) is 0. The van der Waals surface area contributed by atoms with Crippen LogP contribution in [-0.4, -0.2) is 29.1 Å². The first-order chi connectivity index (χ1) is 0. The Morgan fingerprint density at radius 3 is 0.500 bits per heavy atom. The van der Waals surface area contributed by atoms with Gasteiger partial charge in [-0.2, -0.15) is 0 Å². The van der Waals surface area contributed by atoms with Gasteiger partial charge in [-0.25, -0.2) is 0 Å². The molecule has 1 radical (unpaired) electrons. The molecule has 0 aliphatic rings. The van der Waals surface area contributed by atoms with Crippen molar-refractivity contribution < 1.29 is 106 Å². The van der Waals surface area contributed by atoms with Crippen molar-refractivity contribution in [2.24, 2.45) is 0 Å². The van der Waals surface area contributed by atoms with Crippen molar-refractivity contribution >= 4 is 23.7 Å². The summed E-state index contributed by atoms with van der Waals surface area (Å²) >= 11 is 0. The van der Waals surface area contributed by atoms with E-state index in [9.17, 15) is 0 Å². The molecule has 0 heterocycles. The Morgan fingerprint density at radius 1 is 0.500 bits per heavy atom. The van der Waals surface area contributed by atoms with Gasteiger partial charge in [0.05, 0.1) is 0 Å². The second kappa shape index (κ2) is 341. The fourth-order valence-electron chi connectivity index (χ4n) is 0. The minimum Gasteiger partial charge on any atom is 0 e. The molecular weight excluding hydrogens is 495 g/mol. The summed E-state index contributed by atoms with van der Waals surface area (Å²) in [4.78, 5) is 0. The van der Waals surface area contributed by atoms with E-state index in [1.54, 1.807) is 0 Å². The van der Waals surface area contributed by atoms with Crippen LogP contribution >= 0.6 is 0 Å². The van der Waals surface area contributed by atoms with Gasteiger partial charge in [0, 0.05) is 18.6 Å². The molecule has 8 nitrogen and oxygen atoms in total. The third-order valence-corrected chi connectivity index (χ3v) is 0. The largest absolute Gasteiger partial charge is 0 e. The van der Waals surface area contributed by atoms with Crippen molar-refractivity contribution in [2.75, 3.05) is 0 Å². The van der Waals surface area contributed by atoms with Gasteiger partial charge in [0.2, 0.25) is 0 Å². The standard InChI is InChI=1S/Mo.Nb.H2O.7O.H2Te.V/h;;1H2;;;;;;;;1H2;/q+4;+5;;7*-2;;. The maximum Gasteiger partial charge on any atom is 0 e. The maximum atomic E-state index is 0. The monoisotopic (exact) mass is 504 g/mol. The van der Waals surface area contributed by atoms with Crippen molar-refractivity contribution in [1.82, 2.24) is 0 Å². The quantitative estimate of drug-likeness (QED) is 0.313. The second-order valence-corrected chi connectivity index (χ2v) is 0. The molecule has 0 bridgehead atoms. The molecule has 0 amide bonds. The Labute approximate surface area is 128 Å². The van der Waals surface area contributed by atoms with Crippen molar-refractivity contribution in [3.63, 3.8) is 0 Å². The fraction of sp³-hybridized carbons (Fsp3) is 0. The van der Waals surface area contributed by atoms with Crippen molar-refractivity contribution in [1.29, 1.82) is 0 Å². The first kappa shape index (κ1) is 427. The van der Waals surface area contributed by atoms with Gasteiger partial charge in [0.1, 0.15) is 0 Å². The van der Waals surface area contributed by atoms with Crippen LogP contribution in [0.2, 0.25) is 0 Å². The van der Waals surface area contributed by atoms with Crippen molar-refractivity contribution in [2.45, 2.75) is 0 Å². The van der Waals surface area contributed by atoms with Gasteiger partial charge >= 0.3 is 67.1 Å². The molecule has 0 fully saturated rings. The van der Waals surface area contributed by atoms with Crippen LogP contribution in [0.25, 0.3) is 0 Å². The molecule has 79 valence electrons. The Bertz CT molecular complexity index is 19.0. The average molecular weight is 499 g/mol. The Morgan fingerprint density at radius 2 is 0.500 bits per heavy atom. The first-order valence-electron chi connectivity index (χ1n) is 0. The minimum atomic E-state index is 0. The van der Waals surface area contributed by atoms with E-state index in [-0.39, 0.29) is 129 Å². The van der Waals surface area contributed by atoms with Gasteiger partial charge < -0.3 is 43.8 Å². The van der Waals surface area contributed by atoms with Crippen molar-refractivity contribution in [3.8, 4) is 0 Å². The molecule has 0 aromatic heterocycles. The molecule has 0 saturated carbocycles. The minimum absolute atomic E-state index is 0. The van der Waals surface area contributed by atoms with Crippen LogP contribution in [0, 0.1) is 0 Å². The Hall–Kier alpha value is 2.48. The molecule has 0 rings (SSSR count). The van der Waals surface area contributed by atoms with Crippen molar-refractivity contribution in [3.05, 3.63) is 0 Å². The molecule has 0 saturated heterocycles. The molecule has 0 spiro atoms. The van der Waals surface area contributed by atoms with Gasteiger partial charge in [0.15, 0.2) is 0 Å². The molecule has 12 heteroatoms. The van der Waals surface area contributed by atoms with Gasteiger partial charge in [-0.15, -0.1) is 0 Å². The van der Waals surface area contributed by atoms with E-state index in [0.717, 1.165) is 0 Å². The number of hydrogen-bond acceptors (Lipinski definition) is 0. The van der Waals surface area contributed by atoms with E-state index in [0.29, 0.717) is 0 Å². The van der Waals surface area contributed by atoms with Gasteiger partial charge in [-0.3, -0.25) is 0 Å². The van der Waals surface area contributed by atoms with Gasteiger partial charge in [0.25, 0.3) is 0 Å². The van der Waals surface area contributed by atoms with Crippen LogP contribution in [0.3, 0.4) is 0 Å². The average Bonchev–Trinajstić information content (AvgIpc) is 0. The summed E-state index contributed by atoms with van der Waals surface area (Å²) in [5, 5.41) is 0. The van der Waals surface area contributed by atoms with Crippen LogP contribution in [-0.2, 0) is 100 Å². The summed E-state index contributed by atoms with van der Waals surface area (Å²) in [5.41, 5.74) is 0. The zero-order valence-electron chi connectivity index (χ0n) is 5.16. The SMILES string of the molecule is O.[Mo+4].[Nb+5].[O-2].[O-2].[O-2].[O-2].[O-2].[O-2].[O-2].[TeH2].[V]. The van der Waals surface area contributed by atoms with E-state index < -0.39 is 0 Å². The van der Waals surface area contributed by atoms with E-state index in [4.69, 9.17) is 0 Å². The summed E-state index contributed by atoms with van der Waals surface area (Å²) in [6.07, 6.45) is 0. The van der Waals surface area contributed by atoms with Crippen LogP contribution in [0.4, 0.5) is 0 Å². The zero-order chi connectivity index (χ0) is 0. The Kier molecular flexibility index (Phi) is 12100. The zero-order valence-corrected chi connectivity index (χ0v) is 13.6. The number of hydrogen-bond donors (Lipinski definition) is 0. The maximum absolute atomic E-state index is 0. The van der Waals surface area contributed by atoms with E-state index >= 15 is 0 Å². The molecular formula is H4MoNbO8TeV-5. The normalized spacial score (nSPS) is 0. The third-order valence-electron chi connectivity index (χ3n) is 0. The molecule has 2 N–H and O–H groups in total. The molecule has 12 heavy (non-hydrogen) atoms. The van der Waals surface area contributed by atoms with Gasteiger partial charge in [-0.1, -0.05) is 0 Å². The van der Waals surface area contributed by atoms with Gasteiger partial charge in [-0.05, 0) is 0 Å². The van der Waals surface area contributed by atoms with E-state index in [1.807, 2.05) is 0 Å². The molecule has 0 aromatic carbocycles. The molecule has 0 unspecified atom stereocenters. The van der Waals surface area contributed by atoms with Crippen LogP contribution in [0.5, 0.6) is 0 Å². The smallest absolute Gasteiger partial charge is 0 e. The molecule has 0 aliphatic carbocycles. The molecule has 0 atom stereocenters. The predicted octanol–water partition coefficient (Wildman–Crippen LogP) is -2.58. The first-order valence-corrected chi connectivity index (χ1v) is 0. The summed E-state index contributed by atoms with van der Waals surface area (Å²) in [6.45, 7) is 0. The molecule has 0 aromatic rings. The van der Waals surface area contributed by atoms with E-state index in [1.165, 1.54) is 0 Å². The third kappa shape index (κ3) is 267. The summed E-state index contributed by atoms with van der Waals surface area (Å²) < 4.78 is 0. The Balaban J connectivity index is 0. The van der Waals surface area contributed by atoms with E-state index in [2.05, 4.69) is 0 Å². The summed E-state index contributed by atoms with van der Waals surface area (Å²) in [7, 11) is 0. The van der Waals surface area contributed by atoms with Crippen LogP contribution in [0.1, 0.15) is 0 Å². The van der Waals surface area contributed by atoms with Crippen LogP contribution in [0.15, 0.2) is 0 Å². The van der Waals surface area contributed by atoms with Crippen LogP contribution < -0.4 is 0 Å².